The number of halogens is 3. The number of aliphatic hydroxyl groups excluding tert-OH is 1. The summed E-state index contributed by atoms with van der Waals surface area (Å²) in [4.78, 5) is 17.4. The standard InChI is InChI=1S/C27H26F3N5O5/c1-39-20-10-8-19(9-11-20)35-23(27(28,29)30)21(13-31-35)25-32-24(33-40-25)17-6-4-16(5-7-17)22(36)15-34-12-2-3-18(14-34)26(37)38/h4-11,13,18,22,36H,2-3,12,14-15H2,1H3,(H,37,38)/t18-,22-/m0/s1. The Morgan fingerprint density at radius 1 is 1.18 bits per heavy atom. The van der Waals surface area contributed by atoms with Gasteiger partial charge in [-0.15, -0.1) is 0 Å². The zero-order chi connectivity index (χ0) is 28.4. The molecule has 10 nitrogen and oxygen atoms in total. The number of aromatic nitrogens is 4. The summed E-state index contributed by atoms with van der Waals surface area (Å²) in [5.41, 5.74) is -0.170. The number of aliphatic hydroxyl groups is 1. The maximum absolute atomic E-state index is 14.1. The smallest absolute Gasteiger partial charge is 0.434 e. The largest absolute Gasteiger partial charge is 0.497 e. The van der Waals surface area contributed by atoms with E-state index in [-0.39, 0.29) is 29.5 Å². The molecule has 0 saturated carbocycles. The van der Waals surface area contributed by atoms with Crippen molar-refractivity contribution < 1.29 is 37.4 Å². The van der Waals surface area contributed by atoms with Crippen molar-refractivity contribution in [3.63, 3.8) is 0 Å². The zero-order valence-electron chi connectivity index (χ0n) is 21.4. The third-order valence-electron chi connectivity index (χ3n) is 6.85. The quantitative estimate of drug-likeness (QED) is 0.323. The predicted molar refractivity (Wildman–Crippen MR) is 136 cm³/mol. The van der Waals surface area contributed by atoms with Gasteiger partial charge in [-0.1, -0.05) is 29.4 Å². The first-order chi connectivity index (χ1) is 19.1. The SMILES string of the molecule is COc1ccc(-n2ncc(-c3nc(-c4ccc([C@@H](O)CN5CCC[C@H](C(=O)O)C5)cc4)no3)c2C(F)(F)F)cc1. The molecule has 0 amide bonds. The molecule has 0 spiro atoms. The van der Waals surface area contributed by atoms with Gasteiger partial charge >= 0.3 is 12.1 Å². The van der Waals surface area contributed by atoms with Gasteiger partial charge < -0.3 is 19.5 Å². The third kappa shape index (κ3) is 5.70. The molecule has 1 aliphatic heterocycles. The van der Waals surface area contributed by atoms with E-state index in [9.17, 15) is 28.2 Å². The number of methoxy groups -OCH3 is 1. The fourth-order valence-electron chi connectivity index (χ4n) is 4.77. The summed E-state index contributed by atoms with van der Waals surface area (Å²) < 4.78 is 53.3. The normalized spacial score (nSPS) is 17.1. The van der Waals surface area contributed by atoms with E-state index in [0.29, 0.717) is 36.4 Å². The van der Waals surface area contributed by atoms with Crippen LogP contribution in [0.1, 0.15) is 30.2 Å². The first-order valence-corrected chi connectivity index (χ1v) is 12.5. The fraction of sp³-hybridized carbons (Fsp3) is 0.333. The van der Waals surface area contributed by atoms with Crippen LogP contribution < -0.4 is 4.74 Å². The summed E-state index contributed by atoms with van der Waals surface area (Å²) in [6, 6.07) is 12.6. The van der Waals surface area contributed by atoms with Gasteiger partial charge in [0.05, 0.1) is 36.6 Å². The molecule has 210 valence electrons. The number of carboxylic acid groups (broad SMARTS) is 1. The maximum Gasteiger partial charge on any atom is 0.434 e. The second-order valence-corrected chi connectivity index (χ2v) is 9.51. The van der Waals surface area contributed by atoms with Crippen LogP contribution in [0.4, 0.5) is 13.2 Å². The first kappa shape index (κ1) is 27.3. The summed E-state index contributed by atoms with van der Waals surface area (Å²) >= 11 is 0. The van der Waals surface area contributed by atoms with Gasteiger partial charge in [-0.2, -0.15) is 23.3 Å². The average Bonchev–Trinajstić information content (AvgIpc) is 3.61. The molecule has 1 aliphatic rings. The van der Waals surface area contributed by atoms with Gasteiger partial charge in [0.2, 0.25) is 5.82 Å². The molecule has 2 N–H and O–H groups in total. The van der Waals surface area contributed by atoms with Gasteiger partial charge in [-0.05, 0) is 49.2 Å². The molecule has 13 heteroatoms. The van der Waals surface area contributed by atoms with Crippen LogP contribution in [0.25, 0.3) is 28.5 Å². The molecule has 40 heavy (non-hydrogen) atoms. The Kier molecular flexibility index (Phi) is 7.59. The molecule has 0 unspecified atom stereocenters. The van der Waals surface area contributed by atoms with Crippen LogP contribution in [0.2, 0.25) is 0 Å². The number of aliphatic carboxylic acids is 1. The Hall–Kier alpha value is -4.23. The lowest BCUT2D eigenvalue weighted by Crippen LogP contribution is -2.40. The molecule has 4 aromatic rings. The molecule has 2 aromatic heterocycles. The summed E-state index contributed by atoms with van der Waals surface area (Å²) in [6.07, 6.45) is -3.22. The first-order valence-electron chi connectivity index (χ1n) is 12.5. The summed E-state index contributed by atoms with van der Waals surface area (Å²) in [5.74, 6) is -1.07. The van der Waals surface area contributed by atoms with Crippen LogP contribution >= 0.6 is 0 Å². The number of rotatable bonds is 8. The molecule has 1 saturated heterocycles. The number of likely N-dealkylation sites (tertiary alicyclic amines) is 1. The summed E-state index contributed by atoms with van der Waals surface area (Å²) in [5, 5.41) is 27.7. The molecule has 5 rings (SSSR count). The van der Waals surface area contributed by atoms with Crippen LogP contribution in [0.15, 0.2) is 59.3 Å². The fourth-order valence-corrected chi connectivity index (χ4v) is 4.77. The zero-order valence-corrected chi connectivity index (χ0v) is 21.4. The second-order valence-electron chi connectivity index (χ2n) is 9.51. The highest BCUT2D eigenvalue weighted by Crippen LogP contribution is 2.38. The van der Waals surface area contributed by atoms with E-state index in [0.717, 1.165) is 17.3 Å². The predicted octanol–water partition coefficient (Wildman–Crippen LogP) is 4.45. The number of benzene rings is 2. The lowest BCUT2D eigenvalue weighted by molar-refractivity contribution is -0.144. The van der Waals surface area contributed by atoms with Crippen molar-refractivity contribution in [2.45, 2.75) is 25.1 Å². The molecule has 0 bridgehead atoms. The van der Waals surface area contributed by atoms with Gasteiger partial charge in [-0.25, -0.2) is 4.68 Å². The van der Waals surface area contributed by atoms with E-state index in [1.165, 1.54) is 31.4 Å². The van der Waals surface area contributed by atoms with Crippen molar-refractivity contribution >= 4 is 5.97 Å². The minimum absolute atomic E-state index is 0.0710. The van der Waals surface area contributed by atoms with Gasteiger partial charge in [0.15, 0.2) is 5.69 Å². The number of piperidine rings is 1. The molecule has 3 heterocycles. The lowest BCUT2D eigenvalue weighted by atomic mass is 9.97. The third-order valence-corrected chi connectivity index (χ3v) is 6.85. The molecule has 0 radical (unpaired) electrons. The van der Waals surface area contributed by atoms with Crippen molar-refractivity contribution in [2.75, 3.05) is 26.7 Å². The Bertz CT molecular complexity index is 1470. The Morgan fingerprint density at radius 3 is 2.55 bits per heavy atom. The lowest BCUT2D eigenvalue weighted by Gasteiger charge is -2.32. The van der Waals surface area contributed by atoms with Gasteiger partial charge in [0.25, 0.3) is 5.89 Å². The monoisotopic (exact) mass is 557 g/mol. The topological polar surface area (TPSA) is 127 Å². The van der Waals surface area contributed by atoms with E-state index in [1.807, 2.05) is 4.90 Å². The number of nitrogens with zero attached hydrogens (tertiary/aromatic N) is 5. The van der Waals surface area contributed by atoms with E-state index >= 15 is 0 Å². The number of hydrogen-bond donors (Lipinski definition) is 2. The average molecular weight is 558 g/mol. The second kappa shape index (κ2) is 11.1. The van der Waals surface area contributed by atoms with E-state index in [1.54, 1.807) is 24.3 Å². The van der Waals surface area contributed by atoms with Crippen molar-refractivity contribution in [2.24, 2.45) is 5.92 Å². The Labute approximate surface area is 226 Å². The Morgan fingerprint density at radius 2 is 1.90 bits per heavy atom. The molecular formula is C27H26F3N5O5. The highest BCUT2D eigenvalue weighted by atomic mass is 19.4. The minimum atomic E-state index is -4.77. The molecular weight excluding hydrogens is 531 g/mol. The number of carbonyl (C=O) groups is 1. The van der Waals surface area contributed by atoms with E-state index < -0.39 is 29.9 Å². The van der Waals surface area contributed by atoms with Crippen molar-refractivity contribution in [3.05, 3.63) is 66.0 Å². The minimum Gasteiger partial charge on any atom is -0.497 e. The number of β-amino-alcohol motifs (C(OH)–C–C–N with tert-alkyl or cyclic N) is 1. The number of alkyl halides is 3. The van der Waals surface area contributed by atoms with Crippen LogP contribution in [0.3, 0.4) is 0 Å². The summed E-state index contributed by atoms with van der Waals surface area (Å²) in [6.45, 7) is 1.37. The van der Waals surface area contributed by atoms with Gasteiger partial charge in [0.1, 0.15) is 5.75 Å². The van der Waals surface area contributed by atoms with Gasteiger partial charge in [-0.3, -0.25) is 9.69 Å². The van der Waals surface area contributed by atoms with Crippen molar-refractivity contribution in [1.82, 2.24) is 24.8 Å². The molecule has 1 fully saturated rings. The Balaban J connectivity index is 1.34. The van der Waals surface area contributed by atoms with Gasteiger partial charge in [0, 0.05) is 18.7 Å². The van der Waals surface area contributed by atoms with Crippen molar-refractivity contribution in [3.8, 4) is 34.3 Å². The van der Waals surface area contributed by atoms with Crippen LogP contribution in [0.5, 0.6) is 5.75 Å². The highest BCUT2D eigenvalue weighted by molar-refractivity contribution is 5.70. The molecule has 2 aromatic carbocycles. The van der Waals surface area contributed by atoms with E-state index in [4.69, 9.17) is 9.26 Å². The van der Waals surface area contributed by atoms with Crippen LogP contribution in [-0.4, -0.2) is 67.7 Å². The number of carboxylic acids is 1. The molecule has 2 atom stereocenters. The van der Waals surface area contributed by atoms with Crippen molar-refractivity contribution in [1.29, 1.82) is 0 Å². The number of hydrogen-bond acceptors (Lipinski definition) is 8. The van der Waals surface area contributed by atoms with E-state index in [2.05, 4.69) is 15.2 Å². The van der Waals surface area contributed by atoms with Crippen LogP contribution in [0, 0.1) is 5.92 Å². The number of ether oxygens (including phenoxy) is 1. The molecule has 0 aliphatic carbocycles. The highest BCUT2D eigenvalue weighted by Gasteiger charge is 2.40. The van der Waals surface area contributed by atoms with Crippen LogP contribution in [-0.2, 0) is 11.0 Å². The summed E-state index contributed by atoms with van der Waals surface area (Å²) in [7, 11) is 1.46. The maximum atomic E-state index is 14.1.